The number of H-pyrrole nitrogens is 1. The van der Waals surface area contributed by atoms with Crippen LogP contribution in [-0.4, -0.2) is 87.7 Å². The van der Waals surface area contributed by atoms with Crippen molar-refractivity contribution in [2.75, 3.05) is 27.3 Å². The highest BCUT2D eigenvalue weighted by Gasteiger charge is 2.39. The molecular weight excluding hydrogens is 747 g/mol. The number of nitrogens with zero attached hydrogens (tertiary/aromatic N) is 4. The first-order valence-electron chi connectivity index (χ1n) is 20.5. The molecule has 2 fully saturated rings. The first kappa shape index (κ1) is 41.1. The number of likely N-dealkylation sites (tertiary alicyclic amines) is 2. The van der Waals surface area contributed by atoms with Gasteiger partial charge in [0, 0.05) is 31.5 Å². The first-order valence-corrected chi connectivity index (χ1v) is 20.5. The number of amides is 4. The Labute approximate surface area is 345 Å². The Kier molecular flexibility index (Phi) is 12.1. The lowest BCUT2D eigenvalue weighted by Gasteiger charge is -2.30. The van der Waals surface area contributed by atoms with E-state index >= 15 is 0 Å². The summed E-state index contributed by atoms with van der Waals surface area (Å²) in [5.41, 5.74) is 7.21. The van der Waals surface area contributed by atoms with Crippen LogP contribution in [0.3, 0.4) is 0 Å². The number of hydrogen-bond acceptors (Lipinski definition) is 7. The average molecular weight is 802 g/mol. The van der Waals surface area contributed by atoms with Crippen LogP contribution in [-0.2, 0) is 26.1 Å². The van der Waals surface area contributed by atoms with E-state index in [4.69, 9.17) is 14.5 Å². The summed E-state index contributed by atoms with van der Waals surface area (Å²) in [6.45, 7) is 8.91. The average Bonchev–Trinajstić information content (AvgIpc) is 4.08. The molecule has 0 aliphatic carbocycles. The summed E-state index contributed by atoms with van der Waals surface area (Å²) < 4.78 is 11.6. The van der Waals surface area contributed by atoms with Crippen molar-refractivity contribution in [1.82, 2.24) is 35.0 Å². The Bertz CT molecular complexity index is 2330. The lowest BCUT2D eigenvalue weighted by atomic mass is 9.98. The minimum Gasteiger partial charge on any atom is -0.453 e. The van der Waals surface area contributed by atoms with Crippen molar-refractivity contribution in [2.45, 2.75) is 77.5 Å². The van der Waals surface area contributed by atoms with Crippen LogP contribution in [0.25, 0.3) is 44.4 Å². The number of nitrogens with one attached hydrogen (secondary N) is 3. The van der Waals surface area contributed by atoms with Crippen molar-refractivity contribution in [3.8, 4) is 33.6 Å². The van der Waals surface area contributed by atoms with Gasteiger partial charge in [-0.3, -0.25) is 9.59 Å². The Balaban J connectivity index is 1.04. The van der Waals surface area contributed by atoms with Crippen LogP contribution in [0.2, 0.25) is 0 Å². The standard InChI is InChI=1S/C46H55N7O6/c1-27(2)40(49-45(56)58-6)43(54)52-22-8-10-37(52)36-21-20-35(48-36)34-19-18-32-24-31(16-17-33(32)25-34)29-12-14-30(15-13-29)39-26-47-42(51(39)5)38-11-9-23-53(38)44(55)41(28(3)4)50-46(57)59-7/h12-21,24-28,37-38,40-41,48H,8-11,22-23H2,1-7H3,(H,49,56)(H,50,57)/t37-,38-,40-,41-/m0/s1. The van der Waals surface area contributed by atoms with Gasteiger partial charge in [0.1, 0.15) is 17.9 Å². The number of carbonyl (C=O) groups is 4. The SMILES string of the molecule is COC(=O)N[C@H](C(=O)N1CCC[C@H]1c1ccc(-c2ccc3cc(-c4ccc(-c5cnc([C@@H]6CCCN6C(=O)[C@@H](NC(=O)OC)C(C)C)n5C)cc4)ccc3c2)[nH]1)C(C)C. The zero-order chi connectivity index (χ0) is 42.0. The minimum atomic E-state index is -0.684. The molecule has 3 aromatic carbocycles. The Morgan fingerprint density at radius 3 is 1.76 bits per heavy atom. The van der Waals surface area contributed by atoms with E-state index < -0.39 is 24.3 Å². The molecule has 0 unspecified atom stereocenters. The summed E-state index contributed by atoms with van der Waals surface area (Å²) in [6, 6.07) is 23.9. The van der Waals surface area contributed by atoms with Crippen LogP contribution >= 0.6 is 0 Å². The molecule has 2 aliphatic rings. The monoisotopic (exact) mass is 801 g/mol. The summed E-state index contributed by atoms with van der Waals surface area (Å²) in [7, 11) is 4.59. The van der Waals surface area contributed by atoms with Crippen molar-refractivity contribution >= 4 is 34.8 Å². The van der Waals surface area contributed by atoms with Gasteiger partial charge in [0.25, 0.3) is 0 Å². The molecule has 4 amide bonds. The number of imidazole rings is 1. The van der Waals surface area contributed by atoms with E-state index in [1.807, 2.05) is 50.7 Å². The third kappa shape index (κ3) is 8.41. The number of benzene rings is 3. The zero-order valence-corrected chi connectivity index (χ0v) is 35.0. The highest BCUT2D eigenvalue weighted by atomic mass is 16.5. The van der Waals surface area contributed by atoms with Crippen molar-refractivity contribution in [3.63, 3.8) is 0 Å². The van der Waals surface area contributed by atoms with Crippen molar-refractivity contribution in [1.29, 1.82) is 0 Å². The molecule has 2 saturated heterocycles. The molecule has 0 saturated carbocycles. The number of aromatic nitrogens is 3. The van der Waals surface area contributed by atoms with Gasteiger partial charge >= 0.3 is 12.2 Å². The normalized spacial score (nSPS) is 17.7. The van der Waals surface area contributed by atoms with Gasteiger partial charge in [0.2, 0.25) is 11.8 Å². The van der Waals surface area contributed by atoms with Crippen LogP contribution in [0, 0.1) is 11.8 Å². The molecule has 3 N–H and O–H groups in total. The van der Waals surface area contributed by atoms with Crippen LogP contribution in [0.4, 0.5) is 9.59 Å². The van der Waals surface area contributed by atoms with E-state index in [2.05, 4.69) is 93.0 Å². The molecule has 59 heavy (non-hydrogen) atoms. The van der Waals surface area contributed by atoms with Gasteiger partial charge in [-0.05, 0) is 94.8 Å². The van der Waals surface area contributed by atoms with Crippen molar-refractivity contribution < 1.29 is 28.7 Å². The molecule has 310 valence electrons. The fourth-order valence-corrected chi connectivity index (χ4v) is 8.61. The van der Waals surface area contributed by atoms with Crippen molar-refractivity contribution in [3.05, 3.63) is 90.5 Å². The molecule has 2 aromatic heterocycles. The van der Waals surface area contributed by atoms with E-state index in [0.717, 1.165) is 81.6 Å². The molecule has 13 heteroatoms. The molecule has 2 aliphatic heterocycles. The van der Waals surface area contributed by atoms with Gasteiger partial charge in [-0.25, -0.2) is 14.6 Å². The summed E-state index contributed by atoms with van der Waals surface area (Å²) in [6.07, 6.45) is 4.04. The van der Waals surface area contributed by atoms with Gasteiger partial charge in [-0.15, -0.1) is 0 Å². The highest BCUT2D eigenvalue weighted by molar-refractivity contribution is 5.91. The number of methoxy groups -OCH3 is 2. The Morgan fingerprint density at radius 2 is 1.19 bits per heavy atom. The largest absolute Gasteiger partial charge is 0.453 e. The van der Waals surface area contributed by atoms with Crippen molar-refractivity contribution in [2.24, 2.45) is 18.9 Å². The van der Waals surface area contributed by atoms with Crippen LogP contribution < -0.4 is 10.6 Å². The molecule has 0 bridgehead atoms. The predicted molar refractivity (Wildman–Crippen MR) is 227 cm³/mol. The quantitative estimate of drug-likeness (QED) is 0.123. The minimum absolute atomic E-state index is 0.0849. The lowest BCUT2D eigenvalue weighted by Crippen LogP contribution is -2.51. The number of aromatic amines is 1. The number of carbonyl (C=O) groups excluding carboxylic acids is 4. The molecule has 7 rings (SSSR count). The summed E-state index contributed by atoms with van der Waals surface area (Å²) >= 11 is 0. The van der Waals surface area contributed by atoms with Gasteiger partial charge in [-0.1, -0.05) is 76.2 Å². The number of hydrogen-bond donors (Lipinski definition) is 3. The molecule has 0 radical (unpaired) electrons. The Hall–Kier alpha value is -6.11. The van der Waals surface area contributed by atoms with Gasteiger partial charge in [0.05, 0.1) is 38.2 Å². The van der Waals surface area contributed by atoms with E-state index in [-0.39, 0.29) is 35.7 Å². The maximum Gasteiger partial charge on any atom is 0.407 e. The van der Waals surface area contributed by atoms with Gasteiger partial charge in [-0.2, -0.15) is 0 Å². The summed E-state index contributed by atoms with van der Waals surface area (Å²) in [5, 5.41) is 7.69. The summed E-state index contributed by atoms with van der Waals surface area (Å²) in [5.74, 6) is 0.412. The second-order valence-electron chi connectivity index (χ2n) is 16.3. The number of rotatable bonds is 11. The predicted octanol–water partition coefficient (Wildman–Crippen LogP) is 7.99. The fourth-order valence-electron chi connectivity index (χ4n) is 8.61. The van der Waals surface area contributed by atoms with Crippen LogP contribution in [0.15, 0.2) is 79.0 Å². The molecule has 0 spiro atoms. The number of fused-ring (bicyclic) bond motifs is 1. The lowest BCUT2D eigenvalue weighted by molar-refractivity contribution is -0.136. The van der Waals surface area contributed by atoms with Gasteiger partial charge in [0.15, 0.2) is 0 Å². The third-order valence-electron chi connectivity index (χ3n) is 11.9. The number of ether oxygens (including phenoxy) is 2. The molecule has 4 heterocycles. The third-order valence-corrected chi connectivity index (χ3v) is 11.9. The second-order valence-corrected chi connectivity index (χ2v) is 16.3. The maximum absolute atomic E-state index is 13.7. The first-order chi connectivity index (χ1) is 28.4. The number of alkyl carbamates (subject to hydrolysis) is 2. The van der Waals surface area contributed by atoms with E-state index in [1.54, 1.807) is 0 Å². The second kappa shape index (κ2) is 17.4. The maximum atomic E-state index is 13.7. The molecule has 5 aromatic rings. The topological polar surface area (TPSA) is 151 Å². The Morgan fingerprint density at radius 1 is 0.678 bits per heavy atom. The molecular formula is C46H55N7O6. The van der Waals surface area contributed by atoms with Crippen LogP contribution in [0.1, 0.15) is 77.0 Å². The van der Waals surface area contributed by atoms with Gasteiger partial charge < -0.3 is 39.5 Å². The zero-order valence-electron chi connectivity index (χ0n) is 35.0. The smallest absolute Gasteiger partial charge is 0.407 e. The molecule has 4 atom stereocenters. The van der Waals surface area contributed by atoms with E-state index in [9.17, 15) is 19.2 Å². The van der Waals surface area contributed by atoms with Crippen LogP contribution in [0.5, 0.6) is 0 Å². The fraction of sp³-hybridized carbons (Fsp3) is 0.413. The van der Waals surface area contributed by atoms with E-state index in [1.165, 1.54) is 14.2 Å². The summed E-state index contributed by atoms with van der Waals surface area (Å²) in [4.78, 5) is 63.4. The molecule has 13 nitrogen and oxygen atoms in total. The van der Waals surface area contributed by atoms with E-state index in [0.29, 0.717) is 13.1 Å². The highest BCUT2D eigenvalue weighted by Crippen LogP contribution is 2.37.